The molecule has 0 radical (unpaired) electrons. The fraction of sp³-hybridized carbons (Fsp3) is 0.600. The molecule has 0 fully saturated rings. The average Bonchev–Trinajstić information content (AvgIpc) is 2.67. The summed E-state index contributed by atoms with van der Waals surface area (Å²) in [4.78, 5) is 11.5. The summed E-state index contributed by atoms with van der Waals surface area (Å²) in [6.45, 7) is 2.93. The van der Waals surface area contributed by atoms with Gasteiger partial charge in [0.25, 0.3) is 0 Å². The number of esters is 1. The van der Waals surface area contributed by atoms with Crippen LogP contribution in [0.3, 0.4) is 0 Å². The van der Waals surface area contributed by atoms with Gasteiger partial charge in [-0.25, -0.2) is 4.79 Å². The minimum absolute atomic E-state index is 0.224. The van der Waals surface area contributed by atoms with E-state index in [0.717, 1.165) is 12.3 Å². The summed E-state index contributed by atoms with van der Waals surface area (Å²) >= 11 is 2.98. The Bertz CT molecular complexity index is 382. The average molecular weight is 275 g/mol. The lowest BCUT2D eigenvalue weighted by atomic mass is 10.2. The Hall–Kier alpha value is -0.950. The van der Waals surface area contributed by atoms with E-state index in [1.54, 1.807) is 11.8 Å². The number of carbonyl (C=O) groups excluding carboxylic acids is 1. The van der Waals surface area contributed by atoms with Gasteiger partial charge in [0.05, 0.1) is 7.11 Å². The van der Waals surface area contributed by atoms with E-state index < -0.39 is 5.97 Å². The molecule has 1 aromatic rings. The second-order valence-electron chi connectivity index (χ2n) is 3.70. The zero-order valence-corrected chi connectivity index (χ0v) is 11.8. The van der Waals surface area contributed by atoms with Crippen molar-refractivity contribution < 1.29 is 9.53 Å². The number of nitrogens with zero attached hydrogens (tertiary/aromatic N) is 1. The highest BCUT2D eigenvalue weighted by molar-refractivity contribution is 7.98. The molecule has 7 heteroatoms. The molecule has 0 bridgehead atoms. The van der Waals surface area contributed by atoms with E-state index in [1.165, 1.54) is 18.6 Å². The molecule has 0 aliphatic rings. The third-order valence-electron chi connectivity index (χ3n) is 2.17. The summed E-state index contributed by atoms with van der Waals surface area (Å²) in [5, 5.41) is 3.88. The summed E-state index contributed by atoms with van der Waals surface area (Å²) in [5.41, 5.74) is 5.98. The smallest absolute Gasteiger partial charge is 0.344 e. The van der Waals surface area contributed by atoms with Gasteiger partial charge in [0.1, 0.15) is 10.6 Å². The van der Waals surface area contributed by atoms with Gasteiger partial charge < -0.3 is 15.8 Å². The van der Waals surface area contributed by atoms with Crippen molar-refractivity contribution in [1.29, 1.82) is 0 Å². The van der Waals surface area contributed by atoms with Crippen molar-refractivity contribution in [3.8, 4) is 0 Å². The van der Waals surface area contributed by atoms with Crippen molar-refractivity contribution >= 4 is 40.1 Å². The molecule has 0 aliphatic heterocycles. The standard InChI is InChI=1S/C10H17N3O2S2/c1-6(5-16-3)4-12-9-7(10(14)15-2)8(11)13-17-9/h6,12H,4-5H2,1-3H3,(H2,11,13). The van der Waals surface area contributed by atoms with Gasteiger partial charge in [0.2, 0.25) is 0 Å². The van der Waals surface area contributed by atoms with E-state index in [2.05, 4.69) is 27.6 Å². The van der Waals surface area contributed by atoms with E-state index in [-0.39, 0.29) is 5.82 Å². The molecule has 0 saturated carbocycles. The first-order valence-electron chi connectivity index (χ1n) is 5.16. The Morgan fingerprint density at radius 2 is 2.41 bits per heavy atom. The number of methoxy groups -OCH3 is 1. The lowest BCUT2D eigenvalue weighted by Gasteiger charge is -2.11. The Labute approximate surface area is 109 Å². The van der Waals surface area contributed by atoms with Crippen LogP contribution in [0.5, 0.6) is 0 Å². The van der Waals surface area contributed by atoms with Crippen molar-refractivity contribution in [2.24, 2.45) is 5.92 Å². The SMILES string of the molecule is COC(=O)c1c(N)nsc1NCC(C)CSC. The predicted molar refractivity (Wildman–Crippen MR) is 73.9 cm³/mol. The number of carbonyl (C=O) groups is 1. The van der Waals surface area contributed by atoms with Crippen LogP contribution >= 0.6 is 23.3 Å². The molecule has 1 heterocycles. The van der Waals surface area contributed by atoms with E-state index >= 15 is 0 Å². The minimum atomic E-state index is -0.448. The van der Waals surface area contributed by atoms with Crippen LogP contribution in [0.2, 0.25) is 0 Å². The molecule has 17 heavy (non-hydrogen) atoms. The third kappa shape index (κ3) is 3.78. The van der Waals surface area contributed by atoms with Gasteiger partial charge in [-0.3, -0.25) is 0 Å². The molecule has 1 unspecified atom stereocenters. The molecule has 0 amide bonds. The molecule has 1 rings (SSSR count). The molecule has 1 atom stereocenters. The van der Waals surface area contributed by atoms with Gasteiger partial charge in [-0.1, -0.05) is 6.92 Å². The first-order chi connectivity index (χ1) is 8.10. The van der Waals surface area contributed by atoms with Crippen molar-refractivity contribution in [2.75, 3.05) is 36.7 Å². The highest BCUT2D eigenvalue weighted by Gasteiger charge is 2.19. The lowest BCUT2D eigenvalue weighted by molar-refractivity contribution is 0.0603. The molecule has 0 saturated heterocycles. The maximum absolute atomic E-state index is 11.5. The van der Waals surface area contributed by atoms with Crippen molar-refractivity contribution in [3.63, 3.8) is 0 Å². The second kappa shape index (κ2) is 6.70. The number of nitrogens with two attached hydrogens (primary N) is 1. The van der Waals surface area contributed by atoms with Gasteiger partial charge in [-0.15, -0.1) is 0 Å². The second-order valence-corrected chi connectivity index (χ2v) is 5.39. The maximum atomic E-state index is 11.5. The van der Waals surface area contributed by atoms with Crippen LogP contribution in [-0.2, 0) is 4.74 Å². The molecular formula is C10H17N3O2S2. The van der Waals surface area contributed by atoms with Crippen molar-refractivity contribution in [1.82, 2.24) is 4.37 Å². The number of anilines is 2. The predicted octanol–water partition coefficient (Wildman–Crippen LogP) is 1.92. The summed E-state index contributed by atoms with van der Waals surface area (Å²) < 4.78 is 8.63. The monoisotopic (exact) mass is 275 g/mol. The van der Waals surface area contributed by atoms with Crippen LogP contribution in [0.25, 0.3) is 0 Å². The summed E-state index contributed by atoms with van der Waals surface area (Å²) in [6, 6.07) is 0. The molecule has 3 N–H and O–H groups in total. The number of rotatable bonds is 6. The number of hydrogen-bond donors (Lipinski definition) is 2. The number of aromatic nitrogens is 1. The Kier molecular flexibility index (Phi) is 5.57. The van der Waals surface area contributed by atoms with Crippen molar-refractivity contribution in [3.05, 3.63) is 5.56 Å². The van der Waals surface area contributed by atoms with Gasteiger partial charge in [0.15, 0.2) is 5.82 Å². The number of nitrogens with one attached hydrogen (secondary N) is 1. The zero-order valence-electron chi connectivity index (χ0n) is 10.1. The topological polar surface area (TPSA) is 77.2 Å². The van der Waals surface area contributed by atoms with Crippen LogP contribution in [0.4, 0.5) is 10.8 Å². The Morgan fingerprint density at radius 1 is 1.71 bits per heavy atom. The fourth-order valence-electron chi connectivity index (χ4n) is 1.33. The van der Waals surface area contributed by atoms with E-state index in [0.29, 0.717) is 16.5 Å². The minimum Gasteiger partial charge on any atom is -0.465 e. The van der Waals surface area contributed by atoms with E-state index in [4.69, 9.17) is 5.73 Å². The van der Waals surface area contributed by atoms with Crippen LogP contribution < -0.4 is 11.1 Å². The van der Waals surface area contributed by atoms with Gasteiger partial charge in [-0.2, -0.15) is 16.1 Å². The van der Waals surface area contributed by atoms with Crippen LogP contribution in [0.15, 0.2) is 0 Å². The van der Waals surface area contributed by atoms with Crippen LogP contribution in [-0.4, -0.2) is 36.0 Å². The summed E-state index contributed by atoms with van der Waals surface area (Å²) in [7, 11) is 1.33. The lowest BCUT2D eigenvalue weighted by Crippen LogP contribution is -2.15. The van der Waals surface area contributed by atoms with Gasteiger partial charge >= 0.3 is 5.97 Å². The Balaban J connectivity index is 2.68. The first-order valence-corrected chi connectivity index (χ1v) is 7.33. The van der Waals surface area contributed by atoms with Crippen molar-refractivity contribution in [2.45, 2.75) is 6.92 Å². The Morgan fingerprint density at radius 3 is 3.00 bits per heavy atom. The highest BCUT2D eigenvalue weighted by Crippen LogP contribution is 2.27. The third-order valence-corrected chi connectivity index (χ3v) is 3.89. The summed E-state index contributed by atoms with van der Waals surface area (Å²) in [6.07, 6.45) is 2.07. The highest BCUT2D eigenvalue weighted by atomic mass is 32.2. The molecule has 5 nitrogen and oxygen atoms in total. The fourth-order valence-corrected chi connectivity index (χ4v) is 2.73. The number of ether oxygens (including phenoxy) is 1. The van der Waals surface area contributed by atoms with Gasteiger partial charge in [0, 0.05) is 6.54 Å². The molecular weight excluding hydrogens is 258 g/mol. The van der Waals surface area contributed by atoms with Gasteiger partial charge in [-0.05, 0) is 29.5 Å². The molecule has 0 aromatic carbocycles. The van der Waals surface area contributed by atoms with Crippen LogP contribution in [0, 0.1) is 5.92 Å². The van der Waals surface area contributed by atoms with Crippen LogP contribution in [0.1, 0.15) is 17.3 Å². The number of nitrogen functional groups attached to an aromatic ring is 1. The first kappa shape index (κ1) is 14.1. The molecule has 96 valence electrons. The zero-order chi connectivity index (χ0) is 12.8. The largest absolute Gasteiger partial charge is 0.465 e. The quantitative estimate of drug-likeness (QED) is 0.772. The molecule has 0 aliphatic carbocycles. The normalized spacial score (nSPS) is 12.2. The number of hydrogen-bond acceptors (Lipinski definition) is 7. The summed E-state index contributed by atoms with van der Waals surface area (Å²) in [5.74, 6) is 1.35. The van der Waals surface area contributed by atoms with E-state index in [1.807, 2.05) is 0 Å². The molecule has 1 aromatic heterocycles. The molecule has 0 spiro atoms. The maximum Gasteiger partial charge on any atom is 0.344 e. The number of thioether (sulfide) groups is 1. The van der Waals surface area contributed by atoms with E-state index in [9.17, 15) is 4.79 Å².